The zero-order valence-corrected chi connectivity index (χ0v) is 20.3. The number of ether oxygens (including phenoxy) is 2. The van der Waals surface area contributed by atoms with Crippen LogP contribution in [0.4, 0.5) is 0 Å². The van der Waals surface area contributed by atoms with E-state index >= 15 is 0 Å². The van der Waals surface area contributed by atoms with Gasteiger partial charge in [0.25, 0.3) is 5.56 Å². The molecule has 0 saturated carbocycles. The summed E-state index contributed by atoms with van der Waals surface area (Å²) in [4.78, 5) is 15.6. The average molecular weight is 475 g/mol. The molecule has 178 valence electrons. The van der Waals surface area contributed by atoms with Crippen molar-refractivity contribution >= 4 is 20.9 Å². The van der Waals surface area contributed by atoms with Gasteiger partial charge < -0.3 is 19.6 Å². The third kappa shape index (κ3) is 5.21. The van der Waals surface area contributed by atoms with Crippen LogP contribution in [0.1, 0.15) is 31.9 Å². The van der Waals surface area contributed by atoms with E-state index < -0.39 is 15.6 Å². The molecule has 0 saturated heterocycles. The molecular weight excluding hydrogens is 444 g/mol. The number of methoxy groups -OCH3 is 2. The Kier molecular flexibility index (Phi) is 7.16. The summed E-state index contributed by atoms with van der Waals surface area (Å²) < 4.78 is 38.3. The number of hydrogen-bond donors (Lipinski definition) is 2. The van der Waals surface area contributed by atoms with Crippen LogP contribution in [0, 0.1) is 0 Å². The van der Waals surface area contributed by atoms with Gasteiger partial charge in [0, 0.05) is 30.1 Å². The molecule has 0 unspecified atom stereocenters. The van der Waals surface area contributed by atoms with E-state index in [4.69, 9.17) is 9.47 Å². The molecule has 2 aromatic carbocycles. The molecule has 0 aliphatic carbocycles. The second-order valence-electron chi connectivity index (χ2n) is 8.75. The molecule has 0 aliphatic rings. The normalized spacial score (nSPS) is 12.3. The predicted octanol–water partition coefficient (Wildman–Crippen LogP) is 3.03. The summed E-state index contributed by atoms with van der Waals surface area (Å²) >= 11 is 0. The maximum Gasteiger partial charge on any atom is 0.252 e. The summed E-state index contributed by atoms with van der Waals surface area (Å²) in [5, 5.41) is 10.2. The van der Waals surface area contributed by atoms with Gasteiger partial charge in [0.1, 0.15) is 0 Å². The van der Waals surface area contributed by atoms with Crippen molar-refractivity contribution in [1.29, 1.82) is 0 Å². The number of aromatic nitrogens is 1. The number of rotatable bonds is 8. The van der Waals surface area contributed by atoms with Crippen LogP contribution in [0.15, 0.2) is 52.2 Å². The van der Waals surface area contributed by atoms with E-state index in [1.54, 1.807) is 42.5 Å². The molecular formula is C24H30N2O6S. The maximum absolute atomic E-state index is 13.3. The lowest BCUT2D eigenvalue weighted by atomic mass is 9.87. The van der Waals surface area contributed by atoms with Crippen LogP contribution in [-0.4, -0.2) is 50.2 Å². The Balaban J connectivity index is 2.00. The van der Waals surface area contributed by atoms with Gasteiger partial charge in [-0.15, -0.1) is 0 Å². The zero-order chi connectivity index (χ0) is 24.4. The first-order chi connectivity index (χ1) is 15.5. The lowest BCUT2D eigenvalue weighted by molar-refractivity contribution is 0.251. The molecule has 3 rings (SSSR count). The van der Waals surface area contributed by atoms with E-state index in [0.717, 1.165) is 9.87 Å². The first-order valence-corrected chi connectivity index (χ1v) is 11.9. The number of aromatic amines is 1. The van der Waals surface area contributed by atoms with Crippen LogP contribution in [0.3, 0.4) is 0 Å². The third-order valence-corrected chi connectivity index (χ3v) is 7.34. The number of fused-ring (bicyclic) bond motifs is 1. The smallest absolute Gasteiger partial charge is 0.252 e. The minimum Gasteiger partial charge on any atom is -0.493 e. The summed E-state index contributed by atoms with van der Waals surface area (Å²) in [5.41, 5.74) is 1.25. The highest BCUT2D eigenvalue weighted by Crippen LogP contribution is 2.31. The van der Waals surface area contributed by atoms with Crippen molar-refractivity contribution in [2.75, 3.05) is 27.4 Å². The Bertz CT molecular complexity index is 1290. The Morgan fingerprint density at radius 1 is 1.00 bits per heavy atom. The number of benzene rings is 2. The van der Waals surface area contributed by atoms with E-state index in [2.05, 4.69) is 4.98 Å². The van der Waals surface area contributed by atoms with Crippen LogP contribution in [-0.2, 0) is 22.0 Å². The predicted molar refractivity (Wildman–Crippen MR) is 127 cm³/mol. The van der Waals surface area contributed by atoms with Gasteiger partial charge in [0.2, 0.25) is 10.0 Å². The lowest BCUT2D eigenvalue weighted by Crippen LogP contribution is -2.35. The molecule has 33 heavy (non-hydrogen) atoms. The first kappa shape index (κ1) is 24.8. The van der Waals surface area contributed by atoms with E-state index in [1.807, 2.05) is 20.8 Å². The van der Waals surface area contributed by atoms with Crippen molar-refractivity contribution in [2.45, 2.75) is 37.6 Å². The highest BCUT2D eigenvalue weighted by atomic mass is 32.2. The Morgan fingerprint density at radius 2 is 1.61 bits per heavy atom. The van der Waals surface area contributed by atoms with Crippen LogP contribution in [0.25, 0.3) is 10.9 Å². The van der Waals surface area contributed by atoms with Crippen molar-refractivity contribution in [3.05, 3.63) is 63.9 Å². The van der Waals surface area contributed by atoms with Crippen LogP contribution >= 0.6 is 0 Å². The molecule has 0 aliphatic heterocycles. The minimum absolute atomic E-state index is 0.104. The number of hydrogen-bond acceptors (Lipinski definition) is 6. The number of nitrogens with zero attached hydrogens (tertiary/aromatic N) is 1. The Morgan fingerprint density at radius 3 is 2.15 bits per heavy atom. The molecule has 8 nitrogen and oxygen atoms in total. The van der Waals surface area contributed by atoms with Gasteiger partial charge >= 0.3 is 0 Å². The second-order valence-corrected chi connectivity index (χ2v) is 10.7. The highest BCUT2D eigenvalue weighted by molar-refractivity contribution is 7.89. The molecule has 9 heteroatoms. The lowest BCUT2D eigenvalue weighted by Gasteiger charge is -2.23. The van der Waals surface area contributed by atoms with Crippen molar-refractivity contribution in [3.63, 3.8) is 0 Å². The highest BCUT2D eigenvalue weighted by Gasteiger charge is 2.26. The van der Waals surface area contributed by atoms with Crippen molar-refractivity contribution < 1.29 is 23.0 Å². The fourth-order valence-corrected chi connectivity index (χ4v) is 4.97. The Hall–Kier alpha value is -2.88. The quantitative estimate of drug-likeness (QED) is 0.520. The second kappa shape index (κ2) is 9.54. The van der Waals surface area contributed by atoms with Gasteiger partial charge in [-0.3, -0.25) is 4.79 Å². The number of nitrogens with one attached hydrogen (secondary N) is 1. The summed E-state index contributed by atoms with van der Waals surface area (Å²) in [5.74, 6) is 0.957. The molecule has 1 aromatic heterocycles. The van der Waals surface area contributed by atoms with Gasteiger partial charge in [-0.25, -0.2) is 8.42 Å². The molecule has 0 atom stereocenters. The number of aliphatic hydroxyl groups is 1. The molecule has 0 radical (unpaired) electrons. The summed E-state index contributed by atoms with van der Waals surface area (Å²) in [6, 6.07) is 11.7. The van der Waals surface area contributed by atoms with Crippen molar-refractivity contribution in [1.82, 2.24) is 9.29 Å². The third-order valence-electron chi connectivity index (χ3n) is 5.48. The molecule has 2 N–H and O–H groups in total. The van der Waals surface area contributed by atoms with Crippen molar-refractivity contribution in [3.8, 4) is 11.5 Å². The number of H-pyrrole nitrogens is 1. The first-order valence-electron chi connectivity index (χ1n) is 10.5. The van der Waals surface area contributed by atoms with E-state index in [0.29, 0.717) is 22.4 Å². The summed E-state index contributed by atoms with van der Waals surface area (Å²) in [6.45, 7) is 5.42. The molecule has 0 amide bonds. The van der Waals surface area contributed by atoms with Gasteiger partial charge in [-0.05, 0) is 35.2 Å². The zero-order valence-electron chi connectivity index (χ0n) is 19.5. The Labute approximate surface area is 193 Å². The van der Waals surface area contributed by atoms with Gasteiger partial charge in [0.15, 0.2) is 11.5 Å². The minimum atomic E-state index is -3.94. The van der Waals surface area contributed by atoms with Gasteiger partial charge in [-0.1, -0.05) is 32.9 Å². The maximum atomic E-state index is 13.3. The van der Waals surface area contributed by atoms with E-state index in [-0.39, 0.29) is 35.6 Å². The number of aliphatic hydroxyl groups excluding tert-OH is 1. The van der Waals surface area contributed by atoms with Crippen LogP contribution in [0.2, 0.25) is 0 Å². The molecule has 3 aromatic rings. The van der Waals surface area contributed by atoms with Crippen molar-refractivity contribution in [2.24, 2.45) is 0 Å². The summed E-state index contributed by atoms with van der Waals surface area (Å²) in [6.07, 6.45) is 0. The number of pyridine rings is 1. The van der Waals surface area contributed by atoms with Crippen LogP contribution < -0.4 is 15.0 Å². The molecule has 0 spiro atoms. The average Bonchev–Trinajstić information content (AvgIpc) is 2.77. The molecule has 0 bridgehead atoms. The largest absolute Gasteiger partial charge is 0.493 e. The van der Waals surface area contributed by atoms with Gasteiger partial charge in [0.05, 0.1) is 31.2 Å². The number of sulfonamides is 1. The van der Waals surface area contributed by atoms with Gasteiger partial charge in [-0.2, -0.15) is 4.31 Å². The molecule has 1 heterocycles. The van der Waals surface area contributed by atoms with E-state index in [1.165, 1.54) is 14.2 Å². The van der Waals surface area contributed by atoms with E-state index in [9.17, 15) is 18.3 Å². The monoisotopic (exact) mass is 474 g/mol. The topological polar surface area (TPSA) is 109 Å². The summed E-state index contributed by atoms with van der Waals surface area (Å²) in [7, 11) is -0.929. The fourth-order valence-electron chi connectivity index (χ4n) is 3.56. The fraction of sp³-hybridized carbons (Fsp3) is 0.375. The standard InChI is InChI=1S/C24H30N2O6S/c1-24(2,3)18-6-8-19(9-7-18)33(29,30)26(10-11-27)15-17-12-16-13-21(31-4)22(32-5)14-20(16)25-23(17)28/h6-9,12-14,27H,10-11,15H2,1-5H3,(H,25,28). The van der Waals surface area contributed by atoms with Crippen LogP contribution in [0.5, 0.6) is 11.5 Å². The molecule has 0 fully saturated rings. The SMILES string of the molecule is COc1cc2cc(CN(CCO)S(=O)(=O)c3ccc(C(C)(C)C)cc3)c(=O)[nH]c2cc1OC.